The molecule has 1 saturated heterocycles. The van der Waals surface area contributed by atoms with Gasteiger partial charge in [-0.05, 0) is 26.7 Å². The first-order chi connectivity index (χ1) is 11.2. The lowest BCUT2D eigenvalue weighted by molar-refractivity contribution is -0.385. The van der Waals surface area contributed by atoms with Gasteiger partial charge in [-0.2, -0.15) is 5.10 Å². The van der Waals surface area contributed by atoms with Crippen LogP contribution in [0.3, 0.4) is 0 Å². The maximum atomic E-state index is 12.5. The molecular weight excluding hydrogens is 320 g/mol. The molecule has 1 aliphatic rings. The molecule has 132 valence electrons. The number of carboxylic acid groups (broad SMARTS) is 1. The molecule has 1 fully saturated rings. The first kappa shape index (κ1) is 17.9. The molecule has 1 aromatic heterocycles. The number of hydrogen-bond acceptors (Lipinski definition) is 6. The van der Waals surface area contributed by atoms with Crippen molar-refractivity contribution in [2.45, 2.75) is 32.2 Å². The number of aromatic nitrogens is 2. The third-order valence-electron chi connectivity index (χ3n) is 4.40. The Bertz CT molecular complexity index is 647. The second-order valence-electron chi connectivity index (χ2n) is 6.34. The Labute approximate surface area is 137 Å². The molecule has 10 heteroatoms. The number of aliphatic carboxylic acids is 1. The summed E-state index contributed by atoms with van der Waals surface area (Å²) in [6, 6.07) is 0. The Morgan fingerprint density at radius 3 is 2.62 bits per heavy atom. The van der Waals surface area contributed by atoms with E-state index in [1.807, 2.05) is 0 Å². The Hall–Kier alpha value is -2.49. The monoisotopic (exact) mass is 340 g/mol. The van der Waals surface area contributed by atoms with Gasteiger partial charge >= 0.3 is 11.7 Å². The van der Waals surface area contributed by atoms with Crippen LogP contribution in [0.25, 0.3) is 0 Å². The molecule has 1 amide bonds. The van der Waals surface area contributed by atoms with Gasteiger partial charge in [-0.15, -0.1) is 0 Å². The van der Waals surface area contributed by atoms with Gasteiger partial charge in [-0.1, -0.05) is 0 Å². The summed E-state index contributed by atoms with van der Waals surface area (Å²) in [4.78, 5) is 34.2. The highest BCUT2D eigenvalue weighted by Gasteiger charge is 2.42. The molecule has 1 aliphatic heterocycles. The highest BCUT2D eigenvalue weighted by atomic mass is 16.6. The fourth-order valence-electron chi connectivity index (χ4n) is 2.51. The summed E-state index contributed by atoms with van der Waals surface area (Å²) in [5.41, 5.74) is -2.47. The standard InChI is InChI=1S/C14H20N4O6/c1-13(2,17-8-10(7-16-17)18(22)23)11(19)15-9-14(12(20)21)3-5-24-6-4-14/h7-8H,3-6,9H2,1-2H3,(H,15,19)(H,20,21). The van der Waals surface area contributed by atoms with Crippen molar-refractivity contribution < 1.29 is 24.4 Å². The average Bonchev–Trinajstić information content (AvgIpc) is 3.04. The maximum absolute atomic E-state index is 12.5. The molecule has 0 aliphatic carbocycles. The highest BCUT2D eigenvalue weighted by molar-refractivity contribution is 5.84. The van der Waals surface area contributed by atoms with Crippen LogP contribution in [0.15, 0.2) is 12.4 Å². The number of nitrogens with one attached hydrogen (secondary N) is 1. The van der Waals surface area contributed by atoms with Gasteiger partial charge in [0.15, 0.2) is 0 Å². The SMILES string of the molecule is CC(C)(C(=O)NCC1(C(=O)O)CCOCC1)n1cc([N+](=O)[O-])cn1. The lowest BCUT2D eigenvalue weighted by Crippen LogP contribution is -2.51. The van der Waals surface area contributed by atoms with E-state index in [9.17, 15) is 24.8 Å². The number of carboxylic acids is 1. The lowest BCUT2D eigenvalue weighted by Gasteiger charge is -2.34. The smallest absolute Gasteiger partial charge is 0.311 e. The summed E-state index contributed by atoms with van der Waals surface area (Å²) in [5.74, 6) is -1.44. The maximum Gasteiger partial charge on any atom is 0.311 e. The quantitative estimate of drug-likeness (QED) is 0.569. The number of ether oxygens (including phenoxy) is 1. The van der Waals surface area contributed by atoms with E-state index in [2.05, 4.69) is 10.4 Å². The second-order valence-corrected chi connectivity index (χ2v) is 6.34. The van der Waals surface area contributed by atoms with Crippen molar-refractivity contribution in [3.05, 3.63) is 22.5 Å². The van der Waals surface area contributed by atoms with Gasteiger partial charge in [-0.3, -0.25) is 24.4 Å². The lowest BCUT2D eigenvalue weighted by atomic mass is 9.80. The van der Waals surface area contributed by atoms with Crippen LogP contribution in [0.1, 0.15) is 26.7 Å². The van der Waals surface area contributed by atoms with Crippen molar-refractivity contribution in [2.75, 3.05) is 19.8 Å². The minimum absolute atomic E-state index is 0.0304. The zero-order chi connectivity index (χ0) is 18.0. The van der Waals surface area contributed by atoms with E-state index in [-0.39, 0.29) is 12.2 Å². The van der Waals surface area contributed by atoms with Crippen LogP contribution in [-0.4, -0.2) is 51.4 Å². The normalized spacial score (nSPS) is 17.2. The van der Waals surface area contributed by atoms with Crippen LogP contribution in [0.4, 0.5) is 5.69 Å². The van der Waals surface area contributed by atoms with Crippen molar-refractivity contribution in [2.24, 2.45) is 5.41 Å². The Morgan fingerprint density at radius 1 is 1.50 bits per heavy atom. The number of carbonyl (C=O) groups excluding carboxylic acids is 1. The summed E-state index contributed by atoms with van der Waals surface area (Å²) < 4.78 is 6.38. The molecule has 2 heterocycles. The minimum atomic E-state index is -1.20. The third kappa shape index (κ3) is 3.37. The van der Waals surface area contributed by atoms with Gasteiger partial charge in [-0.25, -0.2) is 0 Å². The molecule has 1 aromatic rings. The molecular formula is C14H20N4O6. The zero-order valence-electron chi connectivity index (χ0n) is 13.5. The van der Waals surface area contributed by atoms with Crippen molar-refractivity contribution in [1.82, 2.24) is 15.1 Å². The summed E-state index contributed by atoms with van der Waals surface area (Å²) in [7, 11) is 0. The van der Waals surface area contributed by atoms with Crippen LogP contribution in [0, 0.1) is 15.5 Å². The van der Waals surface area contributed by atoms with Crippen molar-refractivity contribution in [1.29, 1.82) is 0 Å². The topological polar surface area (TPSA) is 137 Å². The van der Waals surface area contributed by atoms with Crippen LogP contribution in [0.5, 0.6) is 0 Å². The van der Waals surface area contributed by atoms with Crippen LogP contribution in [0.2, 0.25) is 0 Å². The van der Waals surface area contributed by atoms with Gasteiger partial charge in [0.1, 0.15) is 17.9 Å². The molecule has 24 heavy (non-hydrogen) atoms. The number of rotatable bonds is 6. The predicted octanol–water partition coefficient (Wildman–Crippen LogP) is 0.524. The van der Waals surface area contributed by atoms with E-state index < -0.39 is 27.8 Å². The molecule has 0 atom stereocenters. The number of carbonyl (C=O) groups is 2. The number of hydrogen-bond donors (Lipinski definition) is 2. The first-order valence-electron chi connectivity index (χ1n) is 7.48. The van der Waals surface area contributed by atoms with Crippen LogP contribution < -0.4 is 5.32 Å². The molecule has 0 aromatic carbocycles. The highest BCUT2D eigenvalue weighted by Crippen LogP contribution is 2.30. The fraction of sp³-hybridized carbons (Fsp3) is 0.643. The van der Waals surface area contributed by atoms with Gasteiger partial charge in [0.05, 0.1) is 10.3 Å². The molecule has 0 spiro atoms. The molecule has 2 N–H and O–H groups in total. The van der Waals surface area contributed by atoms with Crippen molar-refractivity contribution in [3.8, 4) is 0 Å². The molecule has 0 radical (unpaired) electrons. The van der Waals surface area contributed by atoms with E-state index in [1.54, 1.807) is 13.8 Å². The second kappa shape index (κ2) is 6.56. The van der Waals surface area contributed by atoms with Crippen LogP contribution >= 0.6 is 0 Å². The van der Waals surface area contributed by atoms with Gasteiger partial charge in [0, 0.05) is 19.8 Å². The van der Waals surface area contributed by atoms with E-state index in [0.717, 1.165) is 6.20 Å². The Morgan fingerprint density at radius 2 is 2.12 bits per heavy atom. The summed E-state index contributed by atoms with van der Waals surface area (Å²) in [5, 5.41) is 26.7. The van der Waals surface area contributed by atoms with E-state index in [4.69, 9.17) is 4.74 Å². The molecule has 0 saturated carbocycles. The minimum Gasteiger partial charge on any atom is -0.481 e. The van der Waals surface area contributed by atoms with E-state index >= 15 is 0 Å². The zero-order valence-corrected chi connectivity index (χ0v) is 13.5. The third-order valence-corrected chi connectivity index (χ3v) is 4.40. The summed E-state index contributed by atoms with van der Waals surface area (Å²) in [6.07, 6.45) is 2.86. The van der Waals surface area contributed by atoms with E-state index in [1.165, 1.54) is 10.9 Å². The molecule has 0 bridgehead atoms. The van der Waals surface area contributed by atoms with Gasteiger partial charge < -0.3 is 15.2 Å². The first-order valence-corrected chi connectivity index (χ1v) is 7.48. The Balaban J connectivity index is 2.09. The fourth-order valence-corrected chi connectivity index (χ4v) is 2.51. The van der Waals surface area contributed by atoms with Crippen LogP contribution in [-0.2, 0) is 19.9 Å². The molecule has 2 rings (SSSR count). The predicted molar refractivity (Wildman–Crippen MR) is 81.3 cm³/mol. The van der Waals surface area contributed by atoms with Crippen molar-refractivity contribution >= 4 is 17.6 Å². The van der Waals surface area contributed by atoms with E-state index in [0.29, 0.717) is 26.1 Å². The molecule has 10 nitrogen and oxygen atoms in total. The van der Waals surface area contributed by atoms with Crippen molar-refractivity contribution in [3.63, 3.8) is 0 Å². The summed E-state index contributed by atoms with van der Waals surface area (Å²) >= 11 is 0. The number of nitrogens with zero attached hydrogens (tertiary/aromatic N) is 3. The average molecular weight is 340 g/mol. The number of amides is 1. The van der Waals surface area contributed by atoms with Gasteiger partial charge in [0.25, 0.3) is 0 Å². The summed E-state index contributed by atoms with van der Waals surface area (Å²) in [6.45, 7) is 3.73. The number of nitro groups is 1. The Kier molecular flexibility index (Phi) is 4.88. The molecule has 0 unspecified atom stereocenters. The largest absolute Gasteiger partial charge is 0.481 e. The van der Waals surface area contributed by atoms with Gasteiger partial charge in [0.2, 0.25) is 5.91 Å².